The van der Waals surface area contributed by atoms with Gasteiger partial charge in [-0.3, -0.25) is 4.79 Å². The number of rotatable bonds is 4. The monoisotopic (exact) mass is 340 g/mol. The first-order valence-electron chi connectivity index (χ1n) is 5.18. The van der Waals surface area contributed by atoms with E-state index in [-0.39, 0.29) is 18.1 Å². The standard InChI is InChI=1S/C11H12BrF3N2O2/c1-17(2)10(18)6-16-8-4-3-7(12)5-9(8)19-11(13,14)15/h3-5,16H,6H2,1-2H3. The average molecular weight is 341 g/mol. The number of nitrogens with zero attached hydrogens (tertiary/aromatic N) is 1. The highest BCUT2D eigenvalue weighted by atomic mass is 79.9. The third-order valence-electron chi connectivity index (χ3n) is 2.10. The van der Waals surface area contributed by atoms with Crippen molar-refractivity contribution in [2.45, 2.75) is 6.36 Å². The van der Waals surface area contributed by atoms with Crippen molar-refractivity contribution in [1.82, 2.24) is 4.90 Å². The van der Waals surface area contributed by atoms with Gasteiger partial charge in [-0.1, -0.05) is 15.9 Å². The number of hydrogen-bond donors (Lipinski definition) is 1. The molecule has 0 saturated carbocycles. The van der Waals surface area contributed by atoms with Gasteiger partial charge in [-0.25, -0.2) is 0 Å². The maximum Gasteiger partial charge on any atom is 0.573 e. The topological polar surface area (TPSA) is 41.6 Å². The number of ether oxygens (including phenoxy) is 1. The van der Waals surface area contributed by atoms with Gasteiger partial charge in [0.1, 0.15) is 0 Å². The van der Waals surface area contributed by atoms with Crippen molar-refractivity contribution in [3.8, 4) is 5.75 Å². The zero-order chi connectivity index (χ0) is 14.6. The van der Waals surface area contributed by atoms with Crippen LogP contribution in [-0.2, 0) is 4.79 Å². The molecule has 0 aliphatic rings. The van der Waals surface area contributed by atoms with Gasteiger partial charge < -0.3 is 15.0 Å². The van der Waals surface area contributed by atoms with E-state index in [1.165, 1.54) is 17.0 Å². The largest absolute Gasteiger partial charge is 0.573 e. The lowest BCUT2D eigenvalue weighted by Gasteiger charge is -2.16. The van der Waals surface area contributed by atoms with E-state index in [4.69, 9.17) is 0 Å². The van der Waals surface area contributed by atoms with Crippen molar-refractivity contribution in [3.05, 3.63) is 22.7 Å². The number of anilines is 1. The Morgan fingerprint density at radius 3 is 2.58 bits per heavy atom. The van der Waals surface area contributed by atoms with Crippen molar-refractivity contribution in [3.63, 3.8) is 0 Å². The zero-order valence-corrected chi connectivity index (χ0v) is 11.8. The lowest BCUT2D eigenvalue weighted by atomic mass is 10.3. The van der Waals surface area contributed by atoms with E-state index in [1.807, 2.05) is 0 Å². The number of carbonyl (C=O) groups excluding carboxylic acids is 1. The van der Waals surface area contributed by atoms with E-state index in [2.05, 4.69) is 26.0 Å². The third kappa shape index (κ3) is 5.37. The van der Waals surface area contributed by atoms with Gasteiger partial charge in [-0.15, -0.1) is 13.2 Å². The Morgan fingerprint density at radius 1 is 1.42 bits per heavy atom. The highest BCUT2D eigenvalue weighted by Crippen LogP contribution is 2.32. The second-order valence-corrected chi connectivity index (χ2v) is 4.75. The smallest absolute Gasteiger partial charge is 0.404 e. The van der Waals surface area contributed by atoms with Gasteiger partial charge in [0, 0.05) is 18.6 Å². The summed E-state index contributed by atoms with van der Waals surface area (Å²) in [6.07, 6.45) is -4.79. The van der Waals surface area contributed by atoms with Gasteiger partial charge in [-0.2, -0.15) is 0 Å². The summed E-state index contributed by atoms with van der Waals surface area (Å²) in [6, 6.07) is 4.12. The fourth-order valence-electron chi connectivity index (χ4n) is 1.18. The molecule has 1 aromatic rings. The molecule has 0 atom stereocenters. The maximum atomic E-state index is 12.2. The minimum absolute atomic E-state index is 0.0933. The molecular weight excluding hydrogens is 329 g/mol. The fraction of sp³-hybridized carbons (Fsp3) is 0.364. The second kappa shape index (κ2) is 6.14. The predicted octanol–water partition coefficient (Wildman–Crippen LogP) is 2.85. The van der Waals surface area contributed by atoms with Crippen molar-refractivity contribution in [1.29, 1.82) is 0 Å². The third-order valence-corrected chi connectivity index (χ3v) is 2.59. The van der Waals surface area contributed by atoms with Crippen LogP contribution >= 0.6 is 15.9 Å². The Morgan fingerprint density at radius 2 is 2.05 bits per heavy atom. The molecule has 0 radical (unpaired) electrons. The van der Waals surface area contributed by atoms with E-state index in [1.54, 1.807) is 20.2 Å². The van der Waals surface area contributed by atoms with Crippen molar-refractivity contribution < 1.29 is 22.7 Å². The molecule has 19 heavy (non-hydrogen) atoms. The summed E-state index contributed by atoms with van der Waals surface area (Å²) in [7, 11) is 3.11. The second-order valence-electron chi connectivity index (χ2n) is 3.83. The molecule has 8 heteroatoms. The van der Waals surface area contributed by atoms with Crippen LogP contribution in [0, 0.1) is 0 Å². The Bertz CT molecular complexity index is 464. The number of hydrogen-bond acceptors (Lipinski definition) is 3. The molecule has 4 nitrogen and oxygen atoms in total. The van der Waals surface area contributed by atoms with Crippen LogP contribution < -0.4 is 10.1 Å². The summed E-state index contributed by atoms with van der Waals surface area (Å²) < 4.78 is 41.0. The van der Waals surface area contributed by atoms with Gasteiger partial charge in [0.05, 0.1) is 12.2 Å². The Balaban J connectivity index is 2.85. The summed E-state index contributed by atoms with van der Waals surface area (Å²) in [6.45, 7) is -0.122. The summed E-state index contributed by atoms with van der Waals surface area (Å²) in [5, 5.41) is 2.61. The average Bonchev–Trinajstić information content (AvgIpc) is 2.25. The van der Waals surface area contributed by atoms with Gasteiger partial charge in [0.25, 0.3) is 0 Å². The van der Waals surface area contributed by atoms with Gasteiger partial charge >= 0.3 is 6.36 Å². The summed E-state index contributed by atoms with van der Waals surface area (Å²) in [4.78, 5) is 12.7. The Hall–Kier alpha value is -1.44. The van der Waals surface area contributed by atoms with Crippen LogP contribution in [0.3, 0.4) is 0 Å². The fourth-order valence-corrected chi connectivity index (χ4v) is 1.52. The summed E-state index contributed by atoms with van der Waals surface area (Å²) in [5.41, 5.74) is 0.0933. The van der Waals surface area contributed by atoms with E-state index in [0.717, 1.165) is 0 Å². The maximum absolute atomic E-state index is 12.2. The molecule has 0 heterocycles. The van der Waals surface area contributed by atoms with Crippen LogP contribution in [0.25, 0.3) is 0 Å². The molecule has 106 valence electrons. The van der Waals surface area contributed by atoms with Crippen LogP contribution in [0.15, 0.2) is 22.7 Å². The molecule has 0 aliphatic carbocycles. The molecule has 0 saturated heterocycles. The van der Waals surface area contributed by atoms with Crippen molar-refractivity contribution in [2.24, 2.45) is 0 Å². The Labute approximate surface area is 116 Å². The molecule has 0 fully saturated rings. The summed E-state index contributed by atoms with van der Waals surface area (Å²) in [5.74, 6) is -0.658. The molecule has 0 bridgehead atoms. The van der Waals surface area contributed by atoms with Gasteiger partial charge in [-0.05, 0) is 18.2 Å². The molecule has 1 N–H and O–H groups in total. The molecule has 0 aromatic heterocycles. The van der Waals surface area contributed by atoms with Gasteiger partial charge in [0.2, 0.25) is 5.91 Å². The summed E-state index contributed by atoms with van der Waals surface area (Å²) >= 11 is 3.06. The highest BCUT2D eigenvalue weighted by Gasteiger charge is 2.32. The first kappa shape index (κ1) is 15.6. The van der Waals surface area contributed by atoms with Crippen LogP contribution in [0.5, 0.6) is 5.75 Å². The molecule has 1 aromatic carbocycles. The number of nitrogens with one attached hydrogen (secondary N) is 1. The Kier molecular flexibility index (Phi) is 5.04. The quantitative estimate of drug-likeness (QED) is 0.916. The van der Waals surface area contributed by atoms with Crippen LogP contribution in [0.2, 0.25) is 0 Å². The number of benzene rings is 1. The normalized spacial score (nSPS) is 11.1. The van der Waals surface area contributed by atoms with E-state index < -0.39 is 12.1 Å². The highest BCUT2D eigenvalue weighted by molar-refractivity contribution is 9.10. The lowest BCUT2D eigenvalue weighted by Crippen LogP contribution is -2.29. The SMILES string of the molecule is CN(C)C(=O)CNc1ccc(Br)cc1OC(F)(F)F. The van der Waals surface area contributed by atoms with E-state index in [0.29, 0.717) is 4.47 Å². The van der Waals surface area contributed by atoms with E-state index in [9.17, 15) is 18.0 Å². The minimum atomic E-state index is -4.79. The van der Waals surface area contributed by atoms with Crippen LogP contribution in [0.4, 0.5) is 18.9 Å². The number of alkyl halides is 3. The lowest BCUT2D eigenvalue weighted by molar-refractivity contribution is -0.274. The molecule has 1 rings (SSSR count). The first-order valence-corrected chi connectivity index (χ1v) is 5.97. The van der Waals surface area contributed by atoms with Crippen molar-refractivity contribution >= 4 is 27.5 Å². The molecular formula is C11H12BrF3N2O2. The molecule has 0 spiro atoms. The van der Waals surface area contributed by atoms with Crippen LogP contribution in [0.1, 0.15) is 0 Å². The first-order chi connectivity index (χ1) is 8.69. The van der Waals surface area contributed by atoms with E-state index >= 15 is 0 Å². The number of carbonyl (C=O) groups is 1. The molecule has 0 aliphatic heterocycles. The van der Waals surface area contributed by atoms with Crippen molar-refractivity contribution in [2.75, 3.05) is 26.0 Å². The molecule has 0 unspecified atom stereocenters. The number of amides is 1. The zero-order valence-electron chi connectivity index (χ0n) is 10.2. The number of halogens is 4. The number of likely N-dealkylation sites (N-methyl/N-ethyl adjacent to an activating group) is 1. The van der Waals surface area contributed by atoms with Crippen LogP contribution in [-0.4, -0.2) is 37.8 Å². The van der Waals surface area contributed by atoms with Gasteiger partial charge in [0.15, 0.2) is 5.75 Å². The minimum Gasteiger partial charge on any atom is -0.404 e. The molecule has 1 amide bonds. The predicted molar refractivity (Wildman–Crippen MR) is 68.0 cm³/mol.